The van der Waals surface area contributed by atoms with Crippen LogP contribution in [0.15, 0.2) is 6.20 Å². The molecule has 0 aliphatic carbocycles. The average Bonchev–Trinajstić information content (AvgIpc) is 2.67. The summed E-state index contributed by atoms with van der Waals surface area (Å²) < 4.78 is 2.28. The lowest BCUT2D eigenvalue weighted by molar-refractivity contribution is 0.178. The van der Waals surface area contributed by atoms with Gasteiger partial charge in [0.1, 0.15) is 5.65 Å². The third-order valence-electron chi connectivity index (χ3n) is 4.04. The smallest absolute Gasteiger partial charge is 0.142 e. The molecule has 0 saturated heterocycles. The average molecular weight is 298 g/mol. The normalized spacial score (nSPS) is 16.3. The van der Waals surface area contributed by atoms with Crippen molar-refractivity contribution in [3.8, 4) is 0 Å². The molecule has 3 nitrogen and oxygen atoms in total. The van der Waals surface area contributed by atoms with Gasteiger partial charge in [-0.1, -0.05) is 23.2 Å². The maximum atomic E-state index is 6.35. The maximum Gasteiger partial charge on any atom is 0.142 e. The van der Waals surface area contributed by atoms with E-state index < -0.39 is 0 Å². The molecule has 3 rings (SSSR count). The van der Waals surface area contributed by atoms with Gasteiger partial charge in [-0.05, 0) is 26.3 Å². The monoisotopic (exact) mass is 297 g/mol. The van der Waals surface area contributed by atoms with Crippen LogP contribution < -0.4 is 0 Å². The van der Waals surface area contributed by atoms with Gasteiger partial charge >= 0.3 is 0 Å². The summed E-state index contributed by atoms with van der Waals surface area (Å²) in [5, 5.41) is 2.16. The maximum absolute atomic E-state index is 6.35. The van der Waals surface area contributed by atoms with Crippen molar-refractivity contribution in [2.24, 2.45) is 0 Å². The molecule has 2 aromatic rings. The zero-order valence-corrected chi connectivity index (χ0v) is 12.9. The fourth-order valence-corrected chi connectivity index (χ4v) is 3.27. The van der Waals surface area contributed by atoms with Crippen molar-refractivity contribution in [1.82, 2.24) is 14.5 Å². The Morgan fingerprint density at radius 2 is 2.00 bits per heavy atom. The van der Waals surface area contributed by atoms with Gasteiger partial charge in [-0.15, -0.1) is 0 Å². The van der Waals surface area contributed by atoms with Crippen molar-refractivity contribution < 1.29 is 0 Å². The molecule has 19 heavy (non-hydrogen) atoms. The van der Waals surface area contributed by atoms with Gasteiger partial charge in [-0.25, -0.2) is 4.98 Å². The fourth-order valence-electron chi connectivity index (χ4n) is 2.85. The fraction of sp³-hybridized carbons (Fsp3) is 0.500. The summed E-state index contributed by atoms with van der Waals surface area (Å²) in [4.78, 5) is 6.94. The Morgan fingerprint density at radius 1 is 1.26 bits per heavy atom. The van der Waals surface area contributed by atoms with E-state index in [1.807, 2.05) is 0 Å². The quantitative estimate of drug-likeness (QED) is 0.796. The molecule has 5 heteroatoms. The third kappa shape index (κ3) is 1.95. The van der Waals surface area contributed by atoms with Crippen molar-refractivity contribution in [3.05, 3.63) is 27.5 Å². The molecule has 2 aromatic heterocycles. The van der Waals surface area contributed by atoms with Gasteiger partial charge in [-0.3, -0.25) is 4.90 Å². The highest BCUT2D eigenvalue weighted by Crippen LogP contribution is 2.36. The molecule has 0 unspecified atom stereocenters. The summed E-state index contributed by atoms with van der Waals surface area (Å²) in [5.74, 6) is 0. The van der Waals surface area contributed by atoms with Crippen LogP contribution in [0.25, 0.3) is 11.0 Å². The minimum atomic E-state index is 0.529. The Kier molecular flexibility index (Phi) is 3.24. The Labute approximate surface area is 123 Å². The number of halogens is 2. The highest BCUT2D eigenvalue weighted by molar-refractivity contribution is 6.45. The third-order valence-corrected chi connectivity index (χ3v) is 4.81. The van der Waals surface area contributed by atoms with Crippen molar-refractivity contribution in [3.63, 3.8) is 0 Å². The van der Waals surface area contributed by atoms with Crippen LogP contribution >= 0.6 is 23.2 Å². The molecule has 102 valence electrons. The number of aryl methyl sites for hydroxylation is 1. The summed E-state index contributed by atoms with van der Waals surface area (Å²) in [6.07, 6.45) is 1.65. The highest BCUT2D eigenvalue weighted by atomic mass is 35.5. The van der Waals surface area contributed by atoms with E-state index in [0.29, 0.717) is 16.1 Å². The molecular formula is C14H17Cl2N3. The summed E-state index contributed by atoms with van der Waals surface area (Å²) in [6.45, 7) is 9.54. The van der Waals surface area contributed by atoms with E-state index in [0.717, 1.165) is 30.7 Å². The Morgan fingerprint density at radius 3 is 2.68 bits per heavy atom. The minimum absolute atomic E-state index is 0.529. The molecule has 0 N–H and O–H groups in total. The number of aromatic nitrogens is 2. The highest BCUT2D eigenvalue weighted by Gasteiger charge is 2.25. The SMILES string of the molecule is Cc1c2n(c3ncc(Cl)c(Cl)c13)CCN(C(C)C)C2. The van der Waals surface area contributed by atoms with Gasteiger partial charge in [0.25, 0.3) is 0 Å². The Balaban J connectivity index is 2.21. The standard InChI is InChI=1S/C14H17Cl2N3/c1-8(2)18-4-5-19-11(7-18)9(3)12-13(16)10(15)6-17-14(12)19/h6,8H,4-5,7H2,1-3H3. The first-order chi connectivity index (χ1) is 9.00. The van der Waals surface area contributed by atoms with Crippen LogP contribution in [-0.2, 0) is 13.1 Å². The number of rotatable bonds is 1. The first kappa shape index (κ1) is 13.2. The molecular weight excluding hydrogens is 281 g/mol. The minimum Gasteiger partial charge on any atom is -0.327 e. The van der Waals surface area contributed by atoms with Crippen LogP contribution in [0.3, 0.4) is 0 Å². The molecule has 0 spiro atoms. The largest absolute Gasteiger partial charge is 0.327 e. The molecule has 0 atom stereocenters. The summed E-state index contributed by atoms with van der Waals surface area (Å²) in [7, 11) is 0. The van der Waals surface area contributed by atoms with Gasteiger partial charge in [0.05, 0.1) is 10.0 Å². The number of hydrogen-bond acceptors (Lipinski definition) is 2. The van der Waals surface area contributed by atoms with Crippen LogP contribution in [0.5, 0.6) is 0 Å². The molecule has 0 bridgehead atoms. The molecule has 0 aromatic carbocycles. The van der Waals surface area contributed by atoms with Crippen LogP contribution in [0, 0.1) is 6.92 Å². The Hall–Kier alpha value is -0.770. The molecule has 0 amide bonds. The number of hydrogen-bond donors (Lipinski definition) is 0. The van der Waals surface area contributed by atoms with E-state index in [-0.39, 0.29) is 0 Å². The number of nitrogens with zero attached hydrogens (tertiary/aromatic N) is 3. The molecule has 3 heterocycles. The van der Waals surface area contributed by atoms with E-state index in [9.17, 15) is 0 Å². The molecule has 0 saturated carbocycles. The second-order valence-electron chi connectivity index (χ2n) is 5.41. The second-order valence-corrected chi connectivity index (χ2v) is 6.19. The summed E-state index contributed by atoms with van der Waals surface area (Å²) >= 11 is 12.4. The van der Waals surface area contributed by atoms with Crippen LogP contribution in [0.2, 0.25) is 10.0 Å². The predicted octanol–water partition coefficient (Wildman–Crippen LogP) is 3.88. The van der Waals surface area contributed by atoms with E-state index in [2.05, 4.69) is 35.2 Å². The van der Waals surface area contributed by atoms with Crippen molar-refractivity contribution in [2.45, 2.75) is 39.9 Å². The molecule has 1 aliphatic heterocycles. The van der Waals surface area contributed by atoms with Gasteiger partial charge in [-0.2, -0.15) is 0 Å². The number of fused-ring (bicyclic) bond motifs is 3. The molecule has 1 aliphatic rings. The van der Waals surface area contributed by atoms with Crippen LogP contribution in [-0.4, -0.2) is 27.0 Å². The molecule has 0 fully saturated rings. The first-order valence-electron chi connectivity index (χ1n) is 6.56. The predicted molar refractivity (Wildman–Crippen MR) is 80.0 cm³/mol. The lowest BCUT2D eigenvalue weighted by Gasteiger charge is -2.32. The van der Waals surface area contributed by atoms with Gasteiger partial charge in [0.15, 0.2) is 0 Å². The Bertz CT molecular complexity index is 646. The molecule has 0 radical (unpaired) electrons. The van der Waals surface area contributed by atoms with Gasteiger partial charge in [0, 0.05) is 43.0 Å². The van der Waals surface area contributed by atoms with Gasteiger partial charge in [0.2, 0.25) is 0 Å². The topological polar surface area (TPSA) is 21.1 Å². The van der Waals surface area contributed by atoms with Crippen LogP contribution in [0.1, 0.15) is 25.1 Å². The van der Waals surface area contributed by atoms with Crippen LogP contribution in [0.4, 0.5) is 0 Å². The summed E-state index contributed by atoms with van der Waals surface area (Å²) in [5.41, 5.74) is 3.48. The van der Waals surface area contributed by atoms with E-state index in [1.54, 1.807) is 6.20 Å². The first-order valence-corrected chi connectivity index (χ1v) is 7.32. The van der Waals surface area contributed by atoms with Crippen molar-refractivity contribution in [1.29, 1.82) is 0 Å². The van der Waals surface area contributed by atoms with Gasteiger partial charge < -0.3 is 4.57 Å². The van der Waals surface area contributed by atoms with E-state index >= 15 is 0 Å². The van der Waals surface area contributed by atoms with E-state index in [4.69, 9.17) is 23.2 Å². The summed E-state index contributed by atoms with van der Waals surface area (Å²) in [6, 6.07) is 0.554. The second kappa shape index (κ2) is 4.65. The lowest BCUT2D eigenvalue weighted by atomic mass is 10.1. The number of pyridine rings is 1. The lowest BCUT2D eigenvalue weighted by Crippen LogP contribution is -2.38. The zero-order valence-electron chi connectivity index (χ0n) is 11.4. The van der Waals surface area contributed by atoms with E-state index in [1.165, 1.54) is 11.3 Å². The van der Waals surface area contributed by atoms with Crippen molar-refractivity contribution >= 4 is 34.2 Å². The van der Waals surface area contributed by atoms with Crippen molar-refractivity contribution in [2.75, 3.05) is 6.54 Å². The zero-order chi connectivity index (χ0) is 13.7.